The van der Waals surface area contributed by atoms with Gasteiger partial charge in [-0.25, -0.2) is 0 Å². The number of nitrogens with zero attached hydrogens (tertiary/aromatic N) is 2. The summed E-state index contributed by atoms with van der Waals surface area (Å²) >= 11 is 0. The Hall–Kier alpha value is -1.59. The Bertz CT molecular complexity index is 598. The van der Waals surface area contributed by atoms with Crippen LogP contribution in [0.1, 0.15) is 31.3 Å². The summed E-state index contributed by atoms with van der Waals surface area (Å²) in [5.74, 6) is 2.29. The summed E-state index contributed by atoms with van der Waals surface area (Å²) in [6.07, 6.45) is 0.930. The SMILES string of the molecule is CC(C)[C@H](N)c1nc(-c2ccc3c(c2)CCO3)no1.Cl. The minimum Gasteiger partial charge on any atom is -0.493 e. The minimum atomic E-state index is -0.223. The number of nitrogens with two attached hydrogens (primary N) is 1. The van der Waals surface area contributed by atoms with Crippen molar-refractivity contribution in [3.63, 3.8) is 0 Å². The van der Waals surface area contributed by atoms with Gasteiger partial charge in [-0.2, -0.15) is 4.98 Å². The van der Waals surface area contributed by atoms with E-state index in [1.54, 1.807) is 0 Å². The van der Waals surface area contributed by atoms with Crippen LogP contribution < -0.4 is 10.5 Å². The minimum absolute atomic E-state index is 0. The quantitative estimate of drug-likeness (QED) is 0.942. The van der Waals surface area contributed by atoms with Gasteiger partial charge in [0.1, 0.15) is 5.75 Å². The maximum Gasteiger partial charge on any atom is 0.244 e. The Labute approximate surface area is 123 Å². The number of benzene rings is 1. The van der Waals surface area contributed by atoms with E-state index in [4.69, 9.17) is 15.0 Å². The standard InChI is InChI=1S/C14H17N3O2.ClH/c1-8(2)12(15)14-16-13(17-19-14)10-3-4-11-9(7-10)5-6-18-11;/h3-4,7-8,12H,5-6,15H2,1-2H3;1H/t12-;/m0./s1. The van der Waals surface area contributed by atoms with Crippen molar-refractivity contribution >= 4 is 12.4 Å². The molecule has 0 spiro atoms. The van der Waals surface area contributed by atoms with E-state index < -0.39 is 0 Å². The third-order valence-electron chi connectivity index (χ3n) is 3.39. The lowest BCUT2D eigenvalue weighted by atomic mass is 10.1. The van der Waals surface area contributed by atoms with Crippen molar-refractivity contribution in [2.24, 2.45) is 11.7 Å². The predicted octanol–water partition coefficient (Wildman–Crippen LogP) is 2.75. The van der Waals surface area contributed by atoms with Crippen LogP contribution in [-0.4, -0.2) is 16.7 Å². The first kappa shape index (κ1) is 14.8. The second kappa shape index (κ2) is 5.81. The Balaban J connectivity index is 0.00000147. The van der Waals surface area contributed by atoms with Crippen molar-refractivity contribution in [1.82, 2.24) is 10.1 Å². The van der Waals surface area contributed by atoms with Gasteiger partial charge in [0.25, 0.3) is 0 Å². The highest BCUT2D eigenvalue weighted by Gasteiger charge is 2.20. The van der Waals surface area contributed by atoms with Crippen molar-refractivity contribution in [2.75, 3.05) is 6.61 Å². The summed E-state index contributed by atoms with van der Waals surface area (Å²) in [6, 6.07) is 5.73. The van der Waals surface area contributed by atoms with E-state index >= 15 is 0 Å². The first-order valence-corrected chi connectivity index (χ1v) is 6.50. The van der Waals surface area contributed by atoms with Gasteiger partial charge in [0.2, 0.25) is 11.7 Å². The van der Waals surface area contributed by atoms with Crippen LogP contribution in [0.15, 0.2) is 22.7 Å². The highest BCUT2D eigenvalue weighted by molar-refractivity contribution is 5.85. The molecule has 0 amide bonds. The zero-order valence-corrected chi connectivity index (χ0v) is 12.3. The van der Waals surface area contributed by atoms with Crippen LogP contribution in [0.25, 0.3) is 11.4 Å². The summed E-state index contributed by atoms with van der Waals surface area (Å²) in [4.78, 5) is 4.38. The van der Waals surface area contributed by atoms with Crippen molar-refractivity contribution in [3.8, 4) is 17.1 Å². The monoisotopic (exact) mass is 295 g/mol. The van der Waals surface area contributed by atoms with Crippen LogP contribution >= 0.6 is 12.4 Å². The second-order valence-electron chi connectivity index (χ2n) is 5.15. The highest BCUT2D eigenvalue weighted by atomic mass is 35.5. The van der Waals surface area contributed by atoms with Crippen molar-refractivity contribution < 1.29 is 9.26 Å². The molecule has 1 aliphatic rings. The van der Waals surface area contributed by atoms with Gasteiger partial charge < -0.3 is 15.0 Å². The van der Waals surface area contributed by atoms with Gasteiger partial charge in [-0.1, -0.05) is 19.0 Å². The molecular weight excluding hydrogens is 278 g/mol. The molecule has 1 atom stereocenters. The summed E-state index contributed by atoms with van der Waals surface area (Å²) < 4.78 is 10.7. The van der Waals surface area contributed by atoms with Crippen LogP contribution in [0.2, 0.25) is 0 Å². The average molecular weight is 296 g/mol. The summed E-state index contributed by atoms with van der Waals surface area (Å²) in [5, 5.41) is 4.01. The zero-order chi connectivity index (χ0) is 13.4. The smallest absolute Gasteiger partial charge is 0.244 e. The van der Waals surface area contributed by atoms with Crippen LogP contribution in [0.3, 0.4) is 0 Å². The normalized spacial score (nSPS) is 14.6. The number of halogens is 1. The Morgan fingerprint density at radius 2 is 2.10 bits per heavy atom. The molecule has 1 aromatic heterocycles. The lowest BCUT2D eigenvalue weighted by Gasteiger charge is -2.09. The van der Waals surface area contributed by atoms with E-state index in [0.717, 1.165) is 24.3 Å². The van der Waals surface area contributed by atoms with Crippen molar-refractivity contribution in [3.05, 3.63) is 29.7 Å². The fourth-order valence-corrected chi connectivity index (χ4v) is 2.10. The highest BCUT2D eigenvalue weighted by Crippen LogP contribution is 2.30. The second-order valence-corrected chi connectivity index (χ2v) is 5.15. The maximum atomic E-state index is 6.00. The van der Waals surface area contributed by atoms with Gasteiger partial charge in [0, 0.05) is 12.0 Å². The molecule has 0 bridgehead atoms. The van der Waals surface area contributed by atoms with E-state index in [2.05, 4.69) is 16.2 Å². The molecule has 6 heteroatoms. The average Bonchev–Trinajstić information content (AvgIpc) is 3.05. The molecule has 0 saturated heterocycles. The Morgan fingerprint density at radius 1 is 1.30 bits per heavy atom. The molecule has 2 N–H and O–H groups in total. The predicted molar refractivity (Wildman–Crippen MR) is 77.9 cm³/mol. The van der Waals surface area contributed by atoms with E-state index in [1.807, 2.05) is 26.0 Å². The molecule has 0 fully saturated rings. The molecule has 3 rings (SSSR count). The topological polar surface area (TPSA) is 74.2 Å². The molecule has 2 heterocycles. The van der Waals surface area contributed by atoms with E-state index in [-0.39, 0.29) is 24.4 Å². The van der Waals surface area contributed by atoms with Gasteiger partial charge >= 0.3 is 0 Å². The van der Waals surface area contributed by atoms with Gasteiger partial charge in [0.05, 0.1) is 12.6 Å². The number of fused-ring (bicyclic) bond motifs is 1. The molecule has 2 aromatic rings. The molecule has 1 aliphatic heterocycles. The molecular formula is C14H18ClN3O2. The molecule has 5 nitrogen and oxygen atoms in total. The Kier molecular flexibility index (Phi) is 4.30. The molecule has 0 radical (unpaired) electrons. The van der Waals surface area contributed by atoms with Gasteiger partial charge in [-0.05, 0) is 29.7 Å². The van der Waals surface area contributed by atoms with Crippen molar-refractivity contribution in [1.29, 1.82) is 0 Å². The van der Waals surface area contributed by atoms with E-state index in [1.165, 1.54) is 5.56 Å². The third kappa shape index (κ3) is 2.64. The van der Waals surface area contributed by atoms with E-state index in [9.17, 15) is 0 Å². The zero-order valence-electron chi connectivity index (χ0n) is 11.5. The van der Waals surface area contributed by atoms with E-state index in [0.29, 0.717) is 11.7 Å². The molecule has 0 unspecified atom stereocenters. The first-order chi connectivity index (χ1) is 9.15. The number of aromatic nitrogens is 2. The van der Waals surface area contributed by atoms with Crippen LogP contribution in [0, 0.1) is 5.92 Å². The van der Waals surface area contributed by atoms with Crippen LogP contribution in [-0.2, 0) is 6.42 Å². The fourth-order valence-electron chi connectivity index (χ4n) is 2.10. The summed E-state index contributed by atoms with van der Waals surface area (Å²) in [6.45, 7) is 4.80. The number of ether oxygens (including phenoxy) is 1. The Morgan fingerprint density at radius 3 is 2.85 bits per heavy atom. The fraction of sp³-hybridized carbons (Fsp3) is 0.429. The number of hydrogen-bond donors (Lipinski definition) is 1. The van der Waals surface area contributed by atoms with Gasteiger partial charge in [0.15, 0.2) is 0 Å². The van der Waals surface area contributed by atoms with Crippen molar-refractivity contribution in [2.45, 2.75) is 26.3 Å². The third-order valence-corrected chi connectivity index (χ3v) is 3.39. The molecule has 0 saturated carbocycles. The molecule has 1 aromatic carbocycles. The maximum absolute atomic E-state index is 6.00. The van der Waals surface area contributed by atoms with Gasteiger partial charge in [-0.3, -0.25) is 0 Å². The first-order valence-electron chi connectivity index (χ1n) is 6.50. The summed E-state index contributed by atoms with van der Waals surface area (Å²) in [7, 11) is 0. The van der Waals surface area contributed by atoms with Crippen LogP contribution in [0.5, 0.6) is 5.75 Å². The molecule has 108 valence electrons. The van der Waals surface area contributed by atoms with Crippen LogP contribution in [0.4, 0.5) is 0 Å². The number of hydrogen-bond acceptors (Lipinski definition) is 5. The van der Waals surface area contributed by atoms with Gasteiger partial charge in [-0.15, -0.1) is 12.4 Å². The summed E-state index contributed by atoms with van der Waals surface area (Å²) in [5.41, 5.74) is 8.13. The number of rotatable bonds is 3. The molecule has 0 aliphatic carbocycles. The lowest BCUT2D eigenvalue weighted by molar-refractivity contribution is 0.325. The largest absolute Gasteiger partial charge is 0.493 e. The lowest BCUT2D eigenvalue weighted by Crippen LogP contribution is -2.16. The molecule has 20 heavy (non-hydrogen) atoms.